The van der Waals surface area contributed by atoms with Crippen molar-refractivity contribution >= 4 is 23.2 Å². The van der Waals surface area contributed by atoms with E-state index in [4.69, 9.17) is 4.74 Å². The van der Waals surface area contributed by atoms with E-state index in [0.717, 1.165) is 31.5 Å². The summed E-state index contributed by atoms with van der Waals surface area (Å²) in [7, 11) is 0. The number of hydrogen-bond donors (Lipinski definition) is 1. The van der Waals surface area contributed by atoms with Crippen LogP contribution >= 0.6 is 11.3 Å². The molecule has 8 heteroatoms. The van der Waals surface area contributed by atoms with E-state index in [1.807, 2.05) is 16.8 Å². The van der Waals surface area contributed by atoms with Crippen LogP contribution in [0.3, 0.4) is 0 Å². The Labute approximate surface area is 206 Å². The topological polar surface area (TPSA) is 55.4 Å². The number of nitrogens with zero attached hydrogens (tertiary/aromatic N) is 1. The SMILES string of the molecule is O=C(NC1C[N+]2(CC(=O)c3ccsc3)CCC1CC2)OC(c1cccc(F)c1)c1cccc(F)c1. The summed E-state index contributed by atoms with van der Waals surface area (Å²) in [5.74, 6) is -0.482. The molecule has 3 aromatic rings. The average molecular weight is 498 g/mol. The number of ketones is 1. The highest BCUT2D eigenvalue weighted by molar-refractivity contribution is 7.08. The van der Waals surface area contributed by atoms with Gasteiger partial charge in [-0.25, -0.2) is 13.6 Å². The normalized spacial score (nSPS) is 23.3. The highest BCUT2D eigenvalue weighted by Gasteiger charge is 2.47. The third kappa shape index (κ3) is 5.28. The second-order valence-electron chi connectivity index (χ2n) is 9.55. The lowest BCUT2D eigenvalue weighted by atomic mass is 9.81. The zero-order chi connectivity index (χ0) is 24.4. The van der Waals surface area contributed by atoms with Crippen molar-refractivity contribution in [3.8, 4) is 0 Å². The third-order valence-corrected chi connectivity index (χ3v) is 7.94. The molecular weight excluding hydrogens is 470 g/mol. The van der Waals surface area contributed by atoms with E-state index in [2.05, 4.69) is 5.32 Å². The molecule has 0 aliphatic carbocycles. The van der Waals surface area contributed by atoms with Gasteiger partial charge in [0.2, 0.25) is 5.78 Å². The van der Waals surface area contributed by atoms with E-state index < -0.39 is 23.8 Å². The van der Waals surface area contributed by atoms with Crippen LogP contribution in [0, 0.1) is 17.6 Å². The number of alkyl carbamates (subject to hydrolysis) is 1. The Hall–Kier alpha value is -3.10. The monoisotopic (exact) mass is 497 g/mol. The van der Waals surface area contributed by atoms with Crippen LogP contribution in [0.25, 0.3) is 0 Å². The summed E-state index contributed by atoms with van der Waals surface area (Å²) in [6.45, 7) is 2.93. The number of halogens is 2. The number of piperidine rings is 3. The van der Waals surface area contributed by atoms with Gasteiger partial charge in [0.25, 0.3) is 0 Å². The highest BCUT2D eigenvalue weighted by atomic mass is 32.1. The molecule has 182 valence electrons. The van der Waals surface area contributed by atoms with E-state index in [-0.39, 0.29) is 11.8 Å². The van der Waals surface area contributed by atoms with Crippen LogP contribution in [0.5, 0.6) is 0 Å². The molecule has 0 spiro atoms. The van der Waals surface area contributed by atoms with Crippen molar-refractivity contribution in [3.63, 3.8) is 0 Å². The maximum absolute atomic E-state index is 13.9. The smallest absolute Gasteiger partial charge is 0.408 e. The number of thiophene rings is 1. The fraction of sp³-hybridized carbons (Fsp3) is 0.333. The second-order valence-corrected chi connectivity index (χ2v) is 10.3. The first-order chi connectivity index (χ1) is 16.9. The van der Waals surface area contributed by atoms with Gasteiger partial charge in [0, 0.05) is 23.8 Å². The molecule has 1 unspecified atom stereocenters. The first-order valence-corrected chi connectivity index (χ1v) is 12.7. The van der Waals surface area contributed by atoms with E-state index in [9.17, 15) is 18.4 Å². The van der Waals surface area contributed by atoms with Gasteiger partial charge in [0.05, 0.1) is 25.7 Å². The number of carbonyl (C=O) groups is 2. The summed E-state index contributed by atoms with van der Waals surface area (Å²) in [5, 5.41) is 6.79. The lowest BCUT2D eigenvalue weighted by Crippen LogP contribution is -2.68. The molecule has 0 saturated carbocycles. The first-order valence-electron chi connectivity index (χ1n) is 11.8. The average Bonchev–Trinajstić information content (AvgIpc) is 3.38. The summed E-state index contributed by atoms with van der Waals surface area (Å²) in [6, 6.07) is 13.3. The molecule has 4 heterocycles. The molecular formula is C27H27F2N2O3S+. The van der Waals surface area contributed by atoms with Crippen molar-refractivity contribution in [3.05, 3.63) is 93.7 Å². The standard InChI is InChI=1S/C27H26F2N2O3S/c28-22-5-1-3-19(13-22)26(20-4-2-6-23(29)14-20)34-27(33)30-24-15-31(10-7-18(24)8-11-31)16-25(32)21-9-12-35-17-21/h1-6,9,12-14,17-18,24,26H,7-8,10-11,15-16H2/p+1. The molecule has 3 aliphatic rings. The van der Waals surface area contributed by atoms with Crippen LogP contribution in [0.15, 0.2) is 65.4 Å². The lowest BCUT2D eigenvalue weighted by molar-refractivity contribution is -0.936. The Morgan fingerprint density at radius 2 is 1.69 bits per heavy atom. The van der Waals surface area contributed by atoms with Gasteiger partial charge in [-0.1, -0.05) is 24.3 Å². The van der Waals surface area contributed by atoms with Crippen molar-refractivity contribution in [1.82, 2.24) is 5.32 Å². The number of Topliss-reactive ketones (excluding diaryl/α,β-unsaturated/α-hetero) is 1. The van der Waals surface area contributed by atoms with Gasteiger partial charge in [-0.05, 0) is 52.8 Å². The van der Waals surface area contributed by atoms with Gasteiger partial charge in [-0.15, -0.1) is 0 Å². The fourth-order valence-electron chi connectivity index (χ4n) is 5.45. The second kappa shape index (κ2) is 9.87. The van der Waals surface area contributed by atoms with Crippen LogP contribution in [0.1, 0.15) is 40.4 Å². The van der Waals surface area contributed by atoms with Crippen molar-refractivity contribution < 1.29 is 27.6 Å². The molecule has 1 amide bonds. The summed E-state index contributed by atoms with van der Waals surface area (Å²) >= 11 is 1.51. The highest BCUT2D eigenvalue weighted by Crippen LogP contribution is 2.35. The first kappa shape index (κ1) is 23.6. The Morgan fingerprint density at radius 1 is 1.03 bits per heavy atom. The van der Waals surface area contributed by atoms with Crippen molar-refractivity contribution in [2.45, 2.75) is 25.0 Å². The van der Waals surface area contributed by atoms with Crippen LogP contribution in [0.4, 0.5) is 13.6 Å². The van der Waals surface area contributed by atoms with Gasteiger partial charge in [-0.3, -0.25) is 4.79 Å². The molecule has 0 radical (unpaired) electrons. The quantitative estimate of drug-likeness (QED) is 0.355. The number of benzene rings is 2. The van der Waals surface area contributed by atoms with Gasteiger partial charge in [0.1, 0.15) is 18.2 Å². The number of quaternary nitrogens is 1. The third-order valence-electron chi connectivity index (χ3n) is 7.25. The van der Waals surface area contributed by atoms with Gasteiger partial charge < -0.3 is 14.5 Å². The largest absolute Gasteiger partial charge is 0.436 e. The Morgan fingerprint density at radius 3 is 2.26 bits per heavy atom. The zero-order valence-electron chi connectivity index (χ0n) is 19.2. The summed E-state index contributed by atoms with van der Waals surface area (Å²) in [4.78, 5) is 25.9. The number of amides is 1. The Kier molecular flexibility index (Phi) is 6.67. The molecule has 1 atom stereocenters. The number of rotatable bonds is 7. The summed E-state index contributed by atoms with van der Waals surface area (Å²) in [6.07, 6.45) is 0.272. The predicted molar refractivity (Wildman–Crippen MR) is 129 cm³/mol. The number of hydrogen-bond acceptors (Lipinski definition) is 4. The van der Waals surface area contributed by atoms with Crippen LogP contribution in [-0.2, 0) is 4.74 Å². The Bertz CT molecular complexity index is 1160. The minimum Gasteiger partial charge on any atom is -0.436 e. The van der Waals surface area contributed by atoms with E-state index in [1.54, 1.807) is 12.1 Å². The number of nitrogens with one attached hydrogen (secondary N) is 1. The molecule has 1 aromatic heterocycles. The van der Waals surface area contributed by atoms with Crippen molar-refractivity contribution in [2.75, 3.05) is 26.2 Å². The Balaban J connectivity index is 1.30. The number of ether oxygens (including phenoxy) is 1. The summed E-state index contributed by atoms with van der Waals surface area (Å²) in [5.41, 5.74) is 1.58. The maximum Gasteiger partial charge on any atom is 0.408 e. The molecule has 35 heavy (non-hydrogen) atoms. The molecule has 3 saturated heterocycles. The number of fused-ring (bicyclic) bond motifs is 3. The molecule has 6 rings (SSSR count). The van der Waals surface area contributed by atoms with Crippen molar-refractivity contribution in [2.24, 2.45) is 5.92 Å². The van der Waals surface area contributed by atoms with Gasteiger partial charge >= 0.3 is 6.09 Å². The predicted octanol–water partition coefficient (Wildman–Crippen LogP) is 5.33. The zero-order valence-corrected chi connectivity index (χ0v) is 20.0. The van der Waals surface area contributed by atoms with Gasteiger partial charge in [0.15, 0.2) is 6.10 Å². The molecule has 3 aliphatic heterocycles. The van der Waals surface area contributed by atoms with Crippen LogP contribution in [0.2, 0.25) is 0 Å². The van der Waals surface area contributed by atoms with Crippen LogP contribution in [-0.4, -0.2) is 48.6 Å². The number of carbonyl (C=O) groups excluding carboxylic acids is 2. The van der Waals surface area contributed by atoms with E-state index in [1.165, 1.54) is 47.7 Å². The van der Waals surface area contributed by atoms with E-state index >= 15 is 0 Å². The summed E-state index contributed by atoms with van der Waals surface area (Å²) < 4.78 is 34.3. The molecule has 2 bridgehead atoms. The lowest BCUT2D eigenvalue weighted by Gasteiger charge is -2.52. The minimum absolute atomic E-state index is 0.124. The molecule has 2 aromatic carbocycles. The fourth-order valence-corrected chi connectivity index (χ4v) is 6.11. The maximum atomic E-state index is 13.9. The van der Waals surface area contributed by atoms with Gasteiger partial charge in [-0.2, -0.15) is 11.3 Å². The van der Waals surface area contributed by atoms with Crippen molar-refractivity contribution in [1.29, 1.82) is 0 Å². The van der Waals surface area contributed by atoms with E-state index in [0.29, 0.717) is 34.6 Å². The van der Waals surface area contributed by atoms with Crippen LogP contribution < -0.4 is 5.32 Å². The minimum atomic E-state index is -0.953. The molecule has 3 fully saturated rings. The molecule has 5 nitrogen and oxygen atoms in total. The molecule has 1 N–H and O–H groups in total.